The summed E-state index contributed by atoms with van der Waals surface area (Å²) in [6, 6.07) is 9.85. The number of aryl methyl sites for hydroxylation is 1. The van der Waals surface area contributed by atoms with Gasteiger partial charge < -0.3 is 14.8 Å². The highest BCUT2D eigenvalue weighted by molar-refractivity contribution is 5.94. The summed E-state index contributed by atoms with van der Waals surface area (Å²) < 4.78 is 1.86. The monoisotopic (exact) mass is 418 g/mol. The van der Waals surface area contributed by atoms with E-state index in [1.165, 1.54) is 18.4 Å². The fourth-order valence-electron chi connectivity index (χ4n) is 5.36. The van der Waals surface area contributed by atoms with Gasteiger partial charge in [0.25, 0.3) is 11.5 Å². The lowest BCUT2D eigenvalue weighted by Crippen LogP contribution is -2.48. The van der Waals surface area contributed by atoms with Crippen LogP contribution in [0.3, 0.4) is 0 Å². The van der Waals surface area contributed by atoms with Gasteiger partial charge in [-0.15, -0.1) is 0 Å². The fraction of sp³-hybridized carbons (Fsp3) is 0.480. The number of rotatable bonds is 4. The number of fused-ring (bicyclic) bond motifs is 4. The van der Waals surface area contributed by atoms with Crippen LogP contribution in [-0.4, -0.2) is 35.1 Å². The first-order valence-corrected chi connectivity index (χ1v) is 11.5. The number of hydrogen-bond donors (Lipinski definition) is 1. The molecule has 5 rings (SSSR count). The van der Waals surface area contributed by atoms with Gasteiger partial charge in [0, 0.05) is 43.5 Å². The Hall–Kier alpha value is -2.89. The molecule has 0 saturated carbocycles. The Morgan fingerprint density at radius 2 is 2.06 bits per heavy atom. The summed E-state index contributed by atoms with van der Waals surface area (Å²) in [4.78, 5) is 33.0. The predicted molar refractivity (Wildman–Crippen MR) is 122 cm³/mol. The average molecular weight is 419 g/mol. The number of hydrogen-bond acceptors (Lipinski definition) is 4. The summed E-state index contributed by atoms with van der Waals surface area (Å²) >= 11 is 0. The van der Waals surface area contributed by atoms with Crippen molar-refractivity contribution in [3.8, 4) is 0 Å². The van der Waals surface area contributed by atoms with Gasteiger partial charge in [0.15, 0.2) is 0 Å². The topological polar surface area (TPSA) is 67.2 Å². The van der Waals surface area contributed by atoms with Gasteiger partial charge in [-0.2, -0.15) is 0 Å². The lowest BCUT2D eigenvalue weighted by Gasteiger charge is -2.43. The Bertz CT molecular complexity index is 1090. The quantitative estimate of drug-likeness (QED) is 0.773. The Morgan fingerprint density at radius 3 is 2.87 bits per heavy atom. The number of pyridine rings is 2. The van der Waals surface area contributed by atoms with E-state index in [0.717, 1.165) is 49.6 Å². The molecule has 1 fully saturated rings. The highest BCUT2D eigenvalue weighted by Crippen LogP contribution is 2.36. The largest absolute Gasteiger partial charge is 0.356 e. The molecule has 2 aromatic heterocycles. The molecule has 6 heteroatoms. The average Bonchev–Trinajstić information content (AvgIpc) is 2.79. The Kier molecular flexibility index (Phi) is 5.38. The van der Waals surface area contributed by atoms with Crippen molar-refractivity contribution in [2.75, 3.05) is 24.5 Å². The molecule has 1 amide bonds. The van der Waals surface area contributed by atoms with Crippen LogP contribution >= 0.6 is 0 Å². The van der Waals surface area contributed by atoms with E-state index in [0.29, 0.717) is 19.0 Å². The molecule has 162 valence electrons. The normalized spacial score (nSPS) is 22.5. The van der Waals surface area contributed by atoms with Crippen LogP contribution in [0.15, 0.2) is 46.8 Å². The van der Waals surface area contributed by atoms with Gasteiger partial charge in [0.05, 0.1) is 0 Å². The third kappa shape index (κ3) is 4.03. The fourth-order valence-corrected chi connectivity index (χ4v) is 5.36. The van der Waals surface area contributed by atoms with Gasteiger partial charge >= 0.3 is 0 Å². The lowest BCUT2D eigenvalue weighted by atomic mass is 9.83. The summed E-state index contributed by atoms with van der Waals surface area (Å²) in [5, 5.41) is 2.96. The molecule has 31 heavy (non-hydrogen) atoms. The number of piperidine rings is 1. The van der Waals surface area contributed by atoms with Crippen LogP contribution in [0, 0.1) is 12.8 Å². The highest BCUT2D eigenvalue weighted by Gasteiger charge is 2.35. The summed E-state index contributed by atoms with van der Waals surface area (Å²) in [6.07, 6.45) is 7.84. The van der Waals surface area contributed by atoms with Gasteiger partial charge in [-0.3, -0.25) is 9.59 Å². The Morgan fingerprint density at radius 1 is 1.16 bits per heavy atom. The van der Waals surface area contributed by atoms with Gasteiger partial charge in [-0.1, -0.05) is 17.7 Å². The zero-order chi connectivity index (χ0) is 21.4. The van der Waals surface area contributed by atoms with Crippen molar-refractivity contribution < 1.29 is 4.79 Å². The van der Waals surface area contributed by atoms with E-state index in [4.69, 9.17) is 4.98 Å². The lowest BCUT2D eigenvalue weighted by molar-refractivity contribution is 0.0953. The molecule has 6 nitrogen and oxygen atoms in total. The van der Waals surface area contributed by atoms with Crippen molar-refractivity contribution in [3.63, 3.8) is 0 Å². The molecule has 3 aliphatic rings. The molecular formula is C25H30N4O2. The maximum atomic E-state index is 13.2. The minimum absolute atomic E-state index is 0.149. The first-order chi connectivity index (χ1) is 15.1. The van der Waals surface area contributed by atoms with Crippen LogP contribution in [0.1, 0.15) is 59.8 Å². The summed E-state index contributed by atoms with van der Waals surface area (Å²) in [7, 11) is 0. The van der Waals surface area contributed by atoms with Crippen LogP contribution in [0.5, 0.6) is 0 Å². The zero-order valence-electron chi connectivity index (χ0n) is 18.1. The van der Waals surface area contributed by atoms with Gasteiger partial charge in [-0.25, -0.2) is 4.98 Å². The second kappa shape index (κ2) is 8.33. The molecule has 1 saturated heterocycles. The molecule has 0 radical (unpaired) electrons. The third-order valence-electron chi connectivity index (χ3n) is 6.91. The molecule has 0 unspecified atom stereocenters. The van der Waals surface area contributed by atoms with Gasteiger partial charge in [0.1, 0.15) is 11.4 Å². The number of allylic oxidation sites excluding steroid dienone is 1. The van der Waals surface area contributed by atoms with Crippen molar-refractivity contribution in [1.82, 2.24) is 14.9 Å². The molecule has 2 aliphatic heterocycles. The van der Waals surface area contributed by atoms with Crippen molar-refractivity contribution in [2.24, 2.45) is 5.92 Å². The standard InChI is InChI=1S/C25H30N4O2/c1-17-6-5-9-23(27-17)28-14-19-12-20(16-28)22-11-10-21(25(31)29(22)15-19)24(30)26-13-18-7-3-2-4-8-18/h5-7,9-11,19-20H,2-4,8,12-16H2,1H3,(H,26,30)/t19-,20+/m0/s1. The number of aromatic nitrogens is 2. The van der Waals surface area contributed by atoms with Crippen LogP contribution in [0.4, 0.5) is 5.82 Å². The number of anilines is 1. The number of carbonyl (C=O) groups is 1. The van der Waals surface area contributed by atoms with Crippen molar-refractivity contribution in [3.05, 3.63) is 69.3 Å². The van der Waals surface area contributed by atoms with E-state index in [1.54, 1.807) is 6.07 Å². The van der Waals surface area contributed by atoms with E-state index in [1.807, 2.05) is 23.6 Å². The molecule has 0 spiro atoms. The summed E-state index contributed by atoms with van der Waals surface area (Å²) in [5.74, 6) is 1.43. The van der Waals surface area contributed by atoms with Gasteiger partial charge in [-0.05, 0) is 69.2 Å². The molecule has 2 atom stereocenters. The first-order valence-electron chi connectivity index (χ1n) is 11.5. The number of carbonyl (C=O) groups excluding carboxylic acids is 1. The summed E-state index contributed by atoms with van der Waals surface area (Å²) in [5.41, 5.74) is 3.45. The van der Waals surface area contributed by atoms with Crippen LogP contribution < -0.4 is 15.8 Å². The zero-order valence-corrected chi connectivity index (χ0v) is 18.1. The van der Waals surface area contributed by atoms with E-state index in [-0.39, 0.29) is 22.9 Å². The van der Waals surface area contributed by atoms with E-state index in [2.05, 4.69) is 28.4 Å². The highest BCUT2D eigenvalue weighted by atomic mass is 16.2. The summed E-state index contributed by atoms with van der Waals surface area (Å²) in [6.45, 7) is 4.97. The molecule has 4 heterocycles. The number of amides is 1. The second-order valence-electron chi connectivity index (χ2n) is 9.22. The van der Waals surface area contributed by atoms with Crippen LogP contribution in [-0.2, 0) is 6.54 Å². The maximum absolute atomic E-state index is 13.2. The van der Waals surface area contributed by atoms with Crippen LogP contribution in [0.25, 0.3) is 0 Å². The van der Waals surface area contributed by atoms with Crippen molar-refractivity contribution >= 4 is 11.7 Å². The predicted octanol–water partition coefficient (Wildman–Crippen LogP) is 3.41. The van der Waals surface area contributed by atoms with E-state index in [9.17, 15) is 9.59 Å². The number of nitrogens with zero attached hydrogens (tertiary/aromatic N) is 3. The van der Waals surface area contributed by atoms with Crippen molar-refractivity contribution in [2.45, 2.75) is 51.5 Å². The smallest absolute Gasteiger partial charge is 0.263 e. The molecular weight excluding hydrogens is 388 g/mol. The van der Waals surface area contributed by atoms with E-state index >= 15 is 0 Å². The Balaban J connectivity index is 1.35. The molecule has 0 aromatic carbocycles. The first kappa shape index (κ1) is 20.0. The van der Waals surface area contributed by atoms with Crippen molar-refractivity contribution in [1.29, 1.82) is 0 Å². The minimum Gasteiger partial charge on any atom is -0.356 e. The second-order valence-corrected chi connectivity index (χ2v) is 9.22. The minimum atomic E-state index is -0.256. The number of nitrogens with one attached hydrogen (secondary N) is 1. The van der Waals surface area contributed by atoms with Gasteiger partial charge in [0.2, 0.25) is 0 Å². The SMILES string of the molecule is Cc1cccc(N2C[C@@H]3C[C@H](C2)c2ccc(C(=O)NCC4=CCCCC4)c(=O)n2C3)n1. The Labute approximate surface area is 183 Å². The molecule has 2 aromatic rings. The maximum Gasteiger partial charge on any atom is 0.263 e. The third-order valence-corrected chi connectivity index (χ3v) is 6.91. The molecule has 1 N–H and O–H groups in total. The molecule has 1 aliphatic carbocycles. The van der Waals surface area contributed by atoms with Crippen LogP contribution in [0.2, 0.25) is 0 Å². The molecule has 2 bridgehead atoms. The van der Waals surface area contributed by atoms with E-state index < -0.39 is 0 Å².